The Morgan fingerprint density at radius 2 is 2.05 bits per heavy atom. The van der Waals surface area contributed by atoms with E-state index in [4.69, 9.17) is 4.74 Å². The highest BCUT2D eigenvalue weighted by molar-refractivity contribution is 5.73. The number of aromatic nitrogens is 2. The lowest BCUT2D eigenvalue weighted by atomic mass is 10.3. The van der Waals surface area contributed by atoms with Gasteiger partial charge in [-0.05, 0) is 12.1 Å². The zero-order valence-electron chi connectivity index (χ0n) is 10.7. The maximum Gasteiger partial charge on any atom is 0.308 e. The lowest BCUT2D eigenvalue weighted by Gasteiger charge is -2.10. The predicted molar refractivity (Wildman–Crippen MR) is 69.7 cm³/mol. The minimum Gasteiger partial charge on any atom is -0.424 e. The van der Waals surface area contributed by atoms with Crippen molar-refractivity contribution in [3.05, 3.63) is 46.5 Å². The third kappa shape index (κ3) is 3.69. The van der Waals surface area contributed by atoms with Crippen LogP contribution in [0.2, 0.25) is 0 Å². The van der Waals surface area contributed by atoms with Crippen molar-refractivity contribution in [3.63, 3.8) is 0 Å². The van der Waals surface area contributed by atoms with Crippen LogP contribution < -0.4 is 10.1 Å². The van der Waals surface area contributed by atoms with E-state index in [0.29, 0.717) is 0 Å². The number of hydrogen-bond acceptors (Lipinski definition) is 7. The van der Waals surface area contributed by atoms with E-state index in [1.165, 1.54) is 13.0 Å². The molecule has 0 aliphatic heterocycles. The minimum atomic E-state index is -0.633. The molecule has 9 heteroatoms. The van der Waals surface area contributed by atoms with Crippen LogP contribution in [0.1, 0.15) is 6.92 Å². The summed E-state index contributed by atoms with van der Waals surface area (Å²) in [6, 6.07) is 3.51. The van der Waals surface area contributed by atoms with Gasteiger partial charge < -0.3 is 10.1 Å². The molecule has 0 bridgehead atoms. The highest BCUT2D eigenvalue weighted by atomic mass is 19.1. The van der Waals surface area contributed by atoms with Crippen molar-refractivity contribution in [2.24, 2.45) is 0 Å². The lowest BCUT2D eigenvalue weighted by Crippen LogP contribution is -2.05. The van der Waals surface area contributed by atoms with Crippen molar-refractivity contribution in [1.29, 1.82) is 0 Å². The molecule has 0 radical (unpaired) electrons. The van der Waals surface area contributed by atoms with E-state index < -0.39 is 16.7 Å². The molecule has 2 rings (SSSR count). The summed E-state index contributed by atoms with van der Waals surface area (Å²) in [5, 5.41) is 13.2. The normalized spacial score (nSPS) is 10.0. The van der Waals surface area contributed by atoms with Crippen molar-refractivity contribution in [3.8, 4) is 5.75 Å². The van der Waals surface area contributed by atoms with Gasteiger partial charge in [-0.1, -0.05) is 0 Å². The number of hydrogen-bond donors (Lipinski definition) is 1. The van der Waals surface area contributed by atoms with Gasteiger partial charge in [0.05, 0.1) is 10.6 Å². The number of halogens is 1. The molecule has 8 nitrogen and oxygen atoms in total. The van der Waals surface area contributed by atoms with Gasteiger partial charge in [-0.15, -0.1) is 0 Å². The molecule has 0 aliphatic rings. The number of ether oxygens (including phenoxy) is 1. The van der Waals surface area contributed by atoms with Crippen LogP contribution in [0.15, 0.2) is 30.6 Å². The number of nitro groups is 1. The second kappa shape index (κ2) is 5.90. The molecule has 108 valence electrons. The van der Waals surface area contributed by atoms with E-state index in [9.17, 15) is 19.3 Å². The van der Waals surface area contributed by atoms with Crippen molar-refractivity contribution >= 4 is 23.3 Å². The fraction of sp³-hybridized carbons (Fsp3) is 0.0833. The Hall–Kier alpha value is -3.10. The summed E-state index contributed by atoms with van der Waals surface area (Å²) in [5.41, 5.74) is -0.0136. The fourth-order valence-electron chi connectivity index (χ4n) is 1.44. The second-order valence-electron chi connectivity index (χ2n) is 3.88. The molecule has 0 saturated carbocycles. The van der Waals surface area contributed by atoms with Crippen LogP contribution in [0.3, 0.4) is 0 Å². The number of esters is 1. The largest absolute Gasteiger partial charge is 0.424 e. The molecule has 0 saturated heterocycles. The van der Waals surface area contributed by atoms with Gasteiger partial charge in [0.1, 0.15) is 18.2 Å². The first-order valence-electron chi connectivity index (χ1n) is 5.67. The van der Waals surface area contributed by atoms with Gasteiger partial charge in [0.25, 0.3) is 0 Å². The molecule has 0 unspecified atom stereocenters. The molecule has 1 aromatic heterocycles. The second-order valence-corrected chi connectivity index (χ2v) is 3.88. The molecule has 0 aliphatic carbocycles. The maximum absolute atomic E-state index is 13.2. The number of rotatable bonds is 4. The Balaban J connectivity index is 2.26. The quantitative estimate of drug-likeness (QED) is 0.398. The summed E-state index contributed by atoms with van der Waals surface area (Å²) in [5.74, 6) is -1.19. The van der Waals surface area contributed by atoms with Gasteiger partial charge in [0.2, 0.25) is 5.95 Å². The van der Waals surface area contributed by atoms with Crippen molar-refractivity contribution < 1.29 is 18.8 Å². The van der Waals surface area contributed by atoms with Crippen LogP contribution in [0, 0.1) is 15.9 Å². The highest BCUT2D eigenvalue weighted by Crippen LogP contribution is 2.27. The van der Waals surface area contributed by atoms with Gasteiger partial charge in [0, 0.05) is 13.0 Å². The molecule has 0 fully saturated rings. The van der Waals surface area contributed by atoms with Gasteiger partial charge in [-0.25, -0.2) is 14.4 Å². The number of anilines is 2. The van der Waals surface area contributed by atoms with E-state index in [-0.39, 0.29) is 23.1 Å². The molecule has 1 heterocycles. The zero-order chi connectivity index (χ0) is 15.4. The Bertz CT molecular complexity index is 690. The predicted octanol–water partition coefficient (Wildman–Crippen LogP) is 2.19. The lowest BCUT2D eigenvalue weighted by molar-refractivity contribution is -0.385. The van der Waals surface area contributed by atoms with E-state index in [1.54, 1.807) is 0 Å². The first-order chi connectivity index (χ1) is 9.95. The van der Waals surface area contributed by atoms with Crippen LogP contribution in [0.5, 0.6) is 5.75 Å². The first kappa shape index (κ1) is 14.3. The van der Waals surface area contributed by atoms with Crippen LogP contribution >= 0.6 is 0 Å². The fourth-order valence-corrected chi connectivity index (χ4v) is 1.44. The molecular formula is C12H9FN4O4. The summed E-state index contributed by atoms with van der Waals surface area (Å²) in [4.78, 5) is 28.3. The van der Waals surface area contributed by atoms with E-state index >= 15 is 0 Å². The molecule has 0 atom stereocenters. The maximum atomic E-state index is 13.2. The Kier molecular flexibility index (Phi) is 4.02. The monoisotopic (exact) mass is 292 g/mol. The van der Waals surface area contributed by atoms with Gasteiger partial charge in [-0.3, -0.25) is 14.9 Å². The Morgan fingerprint density at radius 1 is 1.38 bits per heavy atom. The average molecular weight is 292 g/mol. The van der Waals surface area contributed by atoms with Crippen molar-refractivity contribution in [2.75, 3.05) is 5.32 Å². The van der Waals surface area contributed by atoms with Crippen LogP contribution in [-0.4, -0.2) is 20.9 Å². The molecule has 1 aromatic carbocycles. The summed E-state index contributed by atoms with van der Waals surface area (Å²) < 4.78 is 18.0. The summed E-state index contributed by atoms with van der Waals surface area (Å²) >= 11 is 0. The minimum absolute atomic E-state index is 0.0375. The number of nitrogens with zero attached hydrogens (tertiary/aromatic N) is 3. The van der Waals surface area contributed by atoms with E-state index in [0.717, 1.165) is 24.5 Å². The molecule has 0 amide bonds. The van der Waals surface area contributed by atoms with Crippen molar-refractivity contribution in [2.45, 2.75) is 6.92 Å². The van der Waals surface area contributed by atoms with Crippen LogP contribution in [-0.2, 0) is 4.79 Å². The van der Waals surface area contributed by atoms with Gasteiger partial charge in [-0.2, -0.15) is 0 Å². The van der Waals surface area contributed by atoms with Crippen LogP contribution in [0.4, 0.5) is 21.7 Å². The summed E-state index contributed by atoms with van der Waals surface area (Å²) in [6.07, 6.45) is 2.04. The Labute approximate surface area is 117 Å². The van der Waals surface area contributed by atoms with Gasteiger partial charge in [0.15, 0.2) is 5.75 Å². The van der Waals surface area contributed by atoms with Crippen molar-refractivity contribution in [1.82, 2.24) is 9.97 Å². The Morgan fingerprint density at radius 3 is 2.62 bits per heavy atom. The first-order valence-corrected chi connectivity index (χ1v) is 5.67. The summed E-state index contributed by atoms with van der Waals surface area (Å²) in [6.45, 7) is 1.18. The third-order valence-corrected chi connectivity index (χ3v) is 2.29. The third-order valence-electron chi connectivity index (χ3n) is 2.29. The SMILES string of the molecule is CC(=O)Oc1cc(F)ccc1Nc1ncc([N+](=O)[O-])cn1. The topological polar surface area (TPSA) is 107 Å². The molecular weight excluding hydrogens is 283 g/mol. The number of carbonyl (C=O) groups excluding carboxylic acids is 1. The summed E-state index contributed by atoms with van der Waals surface area (Å²) in [7, 11) is 0. The standard InChI is InChI=1S/C12H9FN4O4/c1-7(18)21-11-4-8(13)2-3-10(11)16-12-14-5-9(6-15-12)17(19)20/h2-6H,1H3,(H,14,15,16). The van der Waals surface area contributed by atoms with E-state index in [2.05, 4.69) is 15.3 Å². The number of carbonyl (C=O) groups is 1. The van der Waals surface area contributed by atoms with Gasteiger partial charge >= 0.3 is 11.7 Å². The number of nitrogens with one attached hydrogen (secondary N) is 1. The highest BCUT2D eigenvalue weighted by Gasteiger charge is 2.11. The van der Waals surface area contributed by atoms with E-state index in [1.807, 2.05) is 0 Å². The zero-order valence-corrected chi connectivity index (χ0v) is 10.7. The molecule has 0 spiro atoms. The molecule has 2 aromatic rings. The number of benzene rings is 1. The molecule has 1 N–H and O–H groups in total. The molecule has 21 heavy (non-hydrogen) atoms. The van der Waals surface area contributed by atoms with Crippen LogP contribution in [0.25, 0.3) is 0 Å². The average Bonchev–Trinajstić information content (AvgIpc) is 2.42. The smallest absolute Gasteiger partial charge is 0.308 e.